The molecule has 1 saturated carbocycles. The number of nitrogens with one attached hydrogen (secondary N) is 1. The van der Waals surface area contributed by atoms with Gasteiger partial charge in [-0.25, -0.2) is 0 Å². The van der Waals surface area contributed by atoms with Gasteiger partial charge in [0.15, 0.2) is 11.5 Å². The zero-order chi connectivity index (χ0) is 20.7. The fourth-order valence-electron chi connectivity index (χ4n) is 4.15. The number of carbonyl (C=O) groups excluding carboxylic acids is 1. The number of benzene rings is 3. The van der Waals surface area contributed by atoms with E-state index in [2.05, 4.69) is 30.4 Å². The van der Waals surface area contributed by atoms with Crippen LogP contribution in [0.25, 0.3) is 11.1 Å². The van der Waals surface area contributed by atoms with Crippen LogP contribution in [0.3, 0.4) is 0 Å². The number of rotatable bonds is 5. The van der Waals surface area contributed by atoms with Gasteiger partial charge in [-0.1, -0.05) is 30.3 Å². The summed E-state index contributed by atoms with van der Waals surface area (Å²) < 4.78 is 10.9. The van der Waals surface area contributed by atoms with Gasteiger partial charge in [0.25, 0.3) is 0 Å². The second-order valence-electron chi connectivity index (χ2n) is 8.04. The molecule has 0 aromatic heterocycles. The molecule has 0 atom stereocenters. The van der Waals surface area contributed by atoms with Gasteiger partial charge in [0, 0.05) is 16.5 Å². The standard InChI is InChI=1S/C25H24N2O3.3H2/c1-16-11-20(6-7-21(16)18-4-2-3-17(12-18)14-26)27-24(28)25(9-10-25)19-5-8-22-23(13-19)30-15-29-22;;;/h2-8,11-13H,9-10,14-15,26H2,1H3,(H,27,28);3*1H. The average molecular weight is 407 g/mol. The van der Waals surface area contributed by atoms with Crippen molar-refractivity contribution in [3.63, 3.8) is 0 Å². The summed E-state index contributed by atoms with van der Waals surface area (Å²) in [6, 6.07) is 20.1. The van der Waals surface area contributed by atoms with Gasteiger partial charge in [-0.3, -0.25) is 4.79 Å². The highest BCUT2D eigenvalue weighted by atomic mass is 16.7. The maximum Gasteiger partial charge on any atom is 0.235 e. The minimum atomic E-state index is -0.483. The molecule has 3 aromatic rings. The molecule has 3 N–H and O–H groups in total. The summed E-state index contributed by atoms with van der Waals surface area (Å²) in [5, 5.41) is 3.12. The number of nitrogens with two attached hydrogens (primary N) is 1. The van der Waals surface area contributed by atoms with Crippen LogP contribution >= 0.6 is 0 Å². The van der Waals surface area contributed by atoms with Crippen LogP contribution in [-0.2, 0) is 16.8 Å². The first-order valence-electron chi connectivity index (χ1n) is 10.2. The Morgan fingerprint density at radius 2 is 1.90 bits per heavy atom. The summed E-state index contributed by atoms with van der Waals surface area (Å²) in [6.45, 7) is 2.81. The second kappa shape index (κ2) is 7.18. The number of hydrogen-bond acceptors (Lipinski definition) is 4. The quantitative estimate of drug-likeness (QED) is 0.606. The van der Waals surface area contributed by atoms with Crippen LogP contribution in [0.15, 0.2) is 60.7 Å². The van der Waals surface area contributed by atoms with Gasteiger partial charge in [0.05, 0.1) is 5.41 Å². The summed E-state index contributed by atoms with van der Waals surface area (Å²) >= 11 is 0. The first-order valence-corrected chi connectivity index (χ1v) is 10.2. The monoisotopic (exact) mass is 406 g/mol. The highest BCUT2D eigenvalue weighted by Crippen LogP contribution is 2.51. The molecule has 1 heterocycles. The van der Waals surface area contributed by atoms with Crippen molar-refractivity contribution in [2.24, 2.45) is 5.73 Å². The molecule has 30 heavy (non-hydrogen) atoms. The maximum atomic E-state index is 13.1. The fraction of sp³-hybridized carbons (Fsp3) is 0.240. The van der Waals surface area contributed by atoms with Gasteiger partial charge >= 0.3 is 0 Å². The van der Waals surface area contributed by atoms with E-state index in [1.807, 2.05) is 42.5 Å². The Morgan fingerprint density at radius 3 is 2.67 bits per heavy atom. The predicted molar refractivity (Wildman–Crippen MR) is 123 cm³/mol. The molecule has 2 aliphatic rings. The average Bonchev–Trinajstić information content (AvgIpc) is 3.45. The van der Waals surface area contributed by atoms with Crippen LogP contribution in [0.4, 0.5) is 5.69 Å². The van der Waals surface area contributed by atoms with Gasteiger partial charge < -0.3 is 20.5 Å². The fourth-order valence-corrected chi connectivity index (χ4v) is 4.15. The van der Waals surface area contributed by atoms with Crippen molar-refractivity contribution in [1.29, 1.82) is 0 Å². The number of hydrogen-bond donors (Lipinski definition) is 2. The van der Waals surface area contributed by atoms with Crippen molar-refractivity contribution in [3.8, 4) is 22.6 Å². The third-order valence-corrected chi connectivity index (χ3v) is 6.07. The molecular weight excluding hydrogens is 376 g/mol. The van der Waals surface area contributed by atoms with Gasteiger partial charge in [0.2, 0.25) is 12.7 Å². The number of carbonyl (C=O) groups is 1. The molecule has 3 aromatic carbocycles. The van der Waals surface area contributed by atoms with Crippen LogP contribution in [0.2, 0.25) is 0 Å². The Hall–Kier alpha value is -3.31. The van der Waals surface area contributed by atoms with Crippen LogP contribution in [0.1, 0.15) is 33.8 Å². The number of amides is 1. The van der Waals surface area contributed by atoms with Crippen molar-refractivity contribution in [2.45, 2.75) is 31.7 Å². The van der Waals surface area contributed by atoms with Gasteiger partial charge in [0.1, 0.15) is 0 Å². The third-order valence-electron chi connectivity index (χ3n) is 6.07. The third kappa shape index (κ3) is 3.21. The van der Waals surface area contributed by atoms with E-state index < -0.39 is 5.41 Å². The first kappa shape index (κ1) is 18.7. The maximum absolute atomic E-state index is 13.1. The summed E-state index contributed by atoms with van der Waals surface area (Å²) in [5.74, 6) is 1.48. The lowest BCUT2D eigenvalue weighted by molar-refractivity contribution is -0.118. The van der Waals surface area contributed by atoms with Gasteiger partial charge in [-0.15, -0.1) is 0 Å². The van der Waals surface area contributed by atoms with E-state index in [1.54, 1.807) is 0 Å². The zero-order valence-electron chi connectivity index (χ0n) is 16.9. The first-order chi connectivity index (χ1) is 14.6. The van der Waals surface area contributed by atoms with E-state index in [-0.39, 0.29) is 17.0 Å². The molecule has 1 aliphatic heterocycles. The Labute approximate surface area is 180 Å². The molecule has 1 fully saturated rings. The van der Waals surface area contributed by atoms with Crippen LogP contribution < -0.4 is 20.5 Å². The zero-order valence-corrected chi connectivity index (χ0v) is 16.9. The highest BCUT2D eigenvalue weighted by molar-refractivity contribution is 6.01. The largest absolute Gasteiger partial charge is 0.454 e. The van der Waals surface area contributed by atoms with Crippen molar-refractivity contribution >= 4 is 11.6 Å². The lowest BCUT2D eigenvalue weighted by Gasteiger charge is -2.17. The second-order valence-corrected chi connectivity index (χ2v) is 8.04. The molecule has 1 amide bonds. The number of ether oxygens (including phenoxy) is 2. The topological polar surface area (TPSA) is 73.6 Å². The molecular formula is C25H30N2O3. The van der Waals surface area contributed by atoms with Crippen molar-refractivity contribution < 1.29 is 18.5 Å². The molecule has 5 heteroatoms. The smallest absolute Gasteiger partial charge is 0.235 e. The van der Waals surface area contributed by atoms with Crippen LogP contribution in [0, 0.1) is 6.92 Å². The molecule has 0 saturated heterocycles. The Morgan fingerprint density at radius 1 is 1.07 bits per heavy atom. The van der Waals surface area contributed by atoms with Gasteiger partial charge in [-0.05, 0) is 77.9 Å². The summed E-state index contributed by atoms with van der Waals surface area (Å²) in [6.07, 6.45) is 1.67. The SMILES string of the molecule is Cc1cc(NC(=O)C2(c3ccc4c(c3)OCO4)CC2)ccc1-c1cccc(CN)c1.[HH].[HH].[HH]. The Kier molecular flexibility index (Phi) is 4.48. The van der Waals surface area contributed by atoms with Crippen molar-refractivity contribution in [1.82, 2.24) is 0 Å². The lowest BCUT2D eigenvalue weighted by Crippen LogP contribution is -2.27. The van der Waals surface area contributed by atoms with E-state index in [0.29, 0.717) is 12.3 Å². The Bertz CT molecular complexity index is 1150. The molecule has 1 aliphatic carbocycles. The molecule has 158 valence electrons. The number of fused-ring (bicyclic) bond motifs is 1. The van der Waals surface area contributed by atoms with Crippen molar-refractivity contribution in [2.75, 3.05) is 12.1 Å². The van der Waals surface area contributed by atoms with Crippen molar-refractivity contribution in [3.05, 3.63) is 77.4 Å². The lowest BCUT2D eigenvalue weighted by atomic mass is 9.94. The Balaban J connectivity index is 0.00000128. The normalized spacial score (nSPS) is 15.7. The molecule has 5 rings (SSSR count). The van der Waals surface area contributed by atoms with E-state index in [4.69, 9.17) is 15.2 Å². The minimum Gasteiger partial charge on any atom is -0.454 e. The molecule has 5 nitrogen and oxygen atoms in total. The molecule has 0 spiro atoms. The predicted octanol–water partition coefficient (Wildman–Crippen LogP) is 5.26. The minimum absolute atomic E-state index is 0. The van der Waals surface area contributed by atoms with E-state index in [0.717, 1.165) is 52.1 Å². The van der Waals surface area contributed by atoms with E-state index in [9.17, 15) is 4.79 Å². The molecule has 0 bridgehead atoms. The summed E-state index contributed by atoms with van der Waals surface area (Å²) in [7, 11) is 0. The summed E-state index contributed by atoms with van der Waals surface area (Å²) in [5.41, 5.74) is 11.6. The molecule has 0 unspecified atom stereocenters. The summed E-state index contributed by atoms with van der Waals surface area (Å²) in [4.78, 5) is 13.1. The van der Waals surface area contributed by atoms with Crippen LogP contribution in [0.5, 0.6) is 11.5 Å². The molecule has 0 radical (unpaired) electrons. The number of aryl methyl sites for hydroxylation is 1. The van der Waals surface area contributed by atoms with Crippen LogP contribution in [-0.4, -0.2) is 12.7 Å². The van der Waals surface area contributed by atoms with E-state index in [1.165, 1.54) is 0 Å². The van der Waals surface area contributed by atoms with E-state index >= 15 is 0 Å². The number of anilines is 1. The van der Waals surface area contributed by atoms with Gasteiger partial charge in [-0.2, -0.15) is 0 Å². The highest BCUT2D eigenvalue weighted by Gasteiger charge is 2.51.